The first-order valence-electron chi connectivity index (χ1n) is 6.41. The lowest BCUT2D eigenvalue weighted by molar-refractivity contribution is 0.149. The zero-order valence-corrected chi connectivity index (χ0v) is 11.8. The molecule has 18 heavy (non-hydrogen) atoms. The second kappa shape index (κ2) is 5.78. The summed E-state index contributed by atoms with van der Waals surface area (Å²) in [6.45, 7) is 5.14. The van der Waals surface area contributed by atoms with Gasteiger partial charge in [0.05, 0.1) is 16.8 Å². The number of aliphatic hydroxyl groups excluding tert-OH is 1. The second-order valence-electron chi connectivity index (χ2n) is 4.65. The lowest BCUT2D eigenvalue weighted by Gasteiger charge is -2.31. The average Bonchev–Trinajstić information content (AvgIpc) is 2.88. The van der Waals surface area contributed by atoms with Crippen molar-refractivity contribution < 1.29 is 5.11 Å². The van der Waals surface area contributed by atoms with Crippen LogP contribution < -0.4 is 5.32 Å². The fourth-order valence-corrected chi connectivity index (χ4v) is 2.86. The fourth-order valence-electron chi connectivity index (χ4n) is 2.05. The number of aliphatic hydroxyl groups is 1. The molecule has 0 bridgehead atoms. The number of pyridine rings is 1. The van der Waals surface area contributed by atoms with Gasteiger partial charge >= 0.3 is 0 Å². The predicted molar refractivity (Wildman–Crippen MR) is 76.9 cm³/mol. The molecule has 0 aliphatic rings. The van der Waals surface area contributed by atoms with E-state index in [0.717, 1.165) is 24.9 Å². The van der Waals surface area contributed by atoms with Crippen molar-refractivity contribution in [1.82, 2.24) is 10.3 Å². The fraction of sp³-hybridized carbons (Fsp3) is 0.500. The molecule has 98 valence electrons. The molecule has 0 fully saturated rings. The molecule has 2 N–H and O–H groups in total. The van der Waals surface area contributed by atoms with Gasteiger partial charge in [-0.2, -0.15) is 0 Å². The highest BCUT2D eigenvalue weighted by Gasteiger charge is 2.23. The Hall–Kier alpha value is -0.970. The molecular weight excluding hydrogens is 244 g/mol. The van der Waals surface area contributed by atoms with Gasteiger partial charge in [0.15, 0.2) is 0 Å². The molecule has 2 rings (SSSR count). The van der Waals surface area contributed by atoms with Crippen molar-refractivity contribution in [2.75, 3.05) is 6.61 Å². The van der Waals surface area contributed by atoms with Gasteiger partial charge in [0.25, 0.3) is 0 Å². The van der Waals surface area contributed by atoms with E-state index >= 15 is 0 Å². The summed E-state index contributed by atoms with van der Waals surface area (Å²) in [6, 6.07) is 4.21. The summed E-state index contributed by atoms with van der Waals surface area (Å²) in [5.74, 6) is 0. The summed E-state index contributed by atoms with van der Waals surface area (Å²) in [5.41, 5.74) is 2.07. The first-order valence-corrected chi connectivity index (χ1v) is 7.29. The molecule has 0 atom stereocenters. The summed E-state index contributed by atoms with van der Waals surface area (Å²) in [5, 5.41) is 15.0. The van der Waals surface area contributed by atoms with Crippen LogP contribution in [0.4, 0.5) is 0 Å². The van der Waals surface area contributed by atoms with Gasteiger partial charge in [-0.05, 0) is 35.9 Å². The molecule has 0 aromatic carbocycles. The number of rotatable bonds is 6. The highest BCUT2D eigenvalue weighted by Crippen LogP contribution is 2.20. The van der Waals surface area contributed by atoms with Gasteiger partial charge in [0.2, 0.25) is 0 Å². The smallest absolute Gasteiger partial charge is 0.0809 e. The Morgan fingerprint density at radius 3 is 2.83 bits per heavy atom. The lowest BCUT2D eigenvalue weighted by atomic mass is 9.93. The van der Waals surface area contributed by atoms with E-state index in [4.69, 9.17) is 0 Å². The maximum atomic E-state index is 9.52. The Morgan fingerprint density at radius 2 is 2.17 bits per heavy atom. The first kappa shape index (κ1) is 13.5. The molecule has 0 saturated heterocycles. The number of nitrogens with one attached hydrogen (secondary N) is 1. The monoisotopic (exact) mass is 264 g/mol. The molecule has 0 amide bonds. The molecule has 0 unspecified atom stereocenters. The van der Waals surface area contributed by atoms with E-state index in [-0.39, 0.29) is 12.1 Å². The Balaban J connectivity index is 2.09. The lowest BCUT2D eigenvalue weighted by Crippen LogP contribution is -2.47. The van der Waals surface area contributed by atoms with Gasteiger partial charge in [0.1, 0.15) is 0 Å². The van der Waals surface area contributed by atoms with Crippen LogP contribution in [0.5, 0.6) is 0 Å². The largest absolute Gasteiger partial charge is 0.394 e. The third-order valence-corrected chi connectivity index (χ3v) is 4.54. The first-order chi connectivity index (χ1) is 8.73. The SMILES string of the molecule is CCC(CC)(CO)NCc1cnc2ccsc2c1. The molecule has 3 nitrogen and oxygen atoms in total. The van der Waals surface area contributed by atoms with E-state index in [0.29, 0.717) is 0 Å². The molecule has 2 heterocycles. The van der Waals surface area contributed by atoms with Crippen LogP contribution in [0.1, 0.15) is 32.3 Å². The highest BCUT2D eigenvalue weighted by atomic mass is 32.1. The van der Waals surface area contributed by atoms with Crippen molar-refractivity contribution >= 4 is 21.6 Å². The molecule has 0 aliphatic heterocycles. The highest BCUT2D eigenvalue weighted by molar-refractivity contribution is 7.17. The van der Waals surface area contributed by atoms with Crippen LogP contribution in [-0.2, 0) is 6.54 Å². The number of fused-ring (bicyclic) bond motifs is 1. The minimum absolute atomic E-state index is 0.162. The number of thiophene rings is 1. The van der Waals surface area contributed by atoms with Crippen LogP contribution in [0.25, 0.3) is 10.2 Å². The molecular formula is C14H20N2OS. The van der Waals surface area contributed by atoms with Gasteiger partial charge in [-0.25, -0.2) is 0 Å². The van der Waals surface area contributed by atoms with Gasteiger partial charge < -0.3 is 10.4 Å². The molecule has 0 radical (unpaired) electrons. The molecule has 0 aliphatic carbocycles. The van der Waals surface area contributed by atoms with E-state index in [2.05, 4.69) is 35.6 Å². The zero-order chi connectivity index (χ0) is 13.0. The normalized spacial score (nSPS) is 12.2. The molecule has 4 heteroatoms. The summed E-state index contributed by atoms with van der Waals surface area (Å²) < 4.78 is 1.22. The summed E-state index contributed by atoms with van der Waals surface area (Å²) in [4.78, 5) is 4.43. The van der Waals surface area contributed by atoms with Crippen molar-refractivity contribution in [2.24, 2.45) is 0 Å². The maximum absolute atomic E-state index is 9.52. The van der Waals surface area contributed by atoms with Crippen LogP contribution in [0.2, 0.25) is 0 Å². The van der Waals surface area contributed by atoms with Crippen LogP contribution in [0, 0.1) is 0 Å². The number of hydrogen-bond acceptors (Lipinski definition) is 4. The topological polar surface area (TPSA) is 45.1 Å². The quantitative estimate of drug-likeness (QED) is 0.843. The van der Waals surface area contributed by atoms with Crippen molar-refractivity contribution in [3.63, 3.8) is 0 Å². The third kappa shape index (κ3) is 2.71. The molecule has 2 aromatic heterocycles. The number of nitrogens with zero attached hydrogens (tertiary/aromatic N) is 1. The second-order valence-corrected chi connectivity index (χ2v) is 5.59. The third-order valence-electron chi connectivity index (χ3n) is 3.68. The van der Waals surface area contributed by atoms with Crippen molar-refractivity contribution in [1.29, 1.82) is 0 Å². The minimum Gasteiger partial charge on any atom is -0.394 e. The van der Waals surface area contributed by atoms with Crippen molar-refractivity contribution in [3.8, 4) is 0 Å². The molecule has 2 aromatic rings. The van der Waals surface area contributed by atoms with E-state index in [1.54, 1.807) is 11.3 Å². The van der Waals surface area contributed by atoms with Crippen LogP contribution >= 0.6 is 11.3 Å². The van der Waals surface area contributed by atoms with E-state index in [1.165, 1.54) is 10.3 Å². The minimum atomic E-state index is -0.162. The summed E-state index contributed by atoms with van der Waals surface area (Å²) in [6.07, 6.45) is 3.76. The van der Waals surface area contributed by atoms with Crippen molar-refractivity contribution in [3.05, 3.63) is 29.3 Å². The number of aromatic nitrogens is 1. The maximum Gasteiger partial charge on any atom is 0.0809 e. The van der Waals surface area contributed by atoms with E-state index in [1.807, 2.05) is 12.3 Å². The Kier molecular flexibility index (Phi) is 4.32. The molecule has 0 saturated carbocycles. The van der Waals surface area contributed by atoms with Gasteiger partial charge in [-0.3, -0.25) is 4.98 Å². The Morgan fingerprint density at radius 1 is 1.39 bits per heavy atom. The number of hydrogen-bond donors (Lipinski definition) is 2. The zero-order valence-electron chi connectivity index (χ0n) is 10.9. The summed E-state index contributed by atoms with van der Waals surface area (Å²) in [7, 11) is 0. The van der Waals surface area contributed by atoms with Crippen LogP contribution in [-0.4, -0.2) is 22.2 Å². The van der Waals surface area contributed by atoms with Crippen molar-refractivity contribution in [2.45, 2.75) is 38.8 Å². The predicted octanol–water partition coefficient (Wildman–Crippen LogP) is 2.94. The van der Waals surface area contributed by atoms with Gasteiger partial charge in [0, 0.05) is 18.3 Å². The van der Waals surface area contributed by atoms with Crippen LogP contribution in [0.15, 0.2) is 23.7 Å². The van der Waals surface area contributed by atoms with Crippen LogP contribution in [0.3, 0.4) is 0 Å². The standard InChI is InChI=1S/C14H20N2OS/c1-3-14(4-2,10-17)16-9-11-7-13-12(15-8-11)5-6-18-13/h5-8,16-17H,3-4,9-10H2,1-2H3. The van der Waals surface area contributed by atoms with E-state index < -0.39 is 0 Å². The molecule has 0 spiro atoms. The average molecular weight is 264 g/mol. The summed E-state index contributed by atoms with van der Waals surface area (Å²) >= 11 is 1.71. The van der Waals surface area contributed by atoms with Gasteiger partial charge in [-0.1, -0.05) is 13.8 Å². The van der Waals surface area contributed by atoms with Gasteiger partial charge in [-0.15, -0.1) is 11.3 Å². The Labute approximate surface area is 112 Å². The van der Waals surface area contributed by atoms with E-state index in [9.17, 15) is 5.11 Å². The Bertz CT molecular complexity index is 497.